The van der Waals surface area contributed by atoms with Gasteiger partial charge < -0.3 is 10.6 Å². The lowest BCUT2D eigenvalue weighted by atomic mass is 9.79. The third-order valence-corrected chi connectivity index (χ3v) is 7.05. The Kier molecular flexibility index (Phi) is 8.60. The summed E-state index contributed by atoms with van der Waals surface area (Å²) in [6.07, 6.45) is 11.6. The van der Waals surface area contributed by atoms with Crippen LogP contribution in [0.1, 0.15) is 63.9 Å². The average molecular weight is 450 g/mol. The van der Waals surface area contributed by atoms with E-state index in [1.165, 1.54) is 70.7 Å². The molecule has 2 fully saturated rings. The van der Waals surface area contributed by atoms with Gasteiger partial charge in [-0.3, -0.25) is 9.62 Å². The highest BCUT2D eigenvalue weighted by Crippen LogP contribution is 2.35. The number of hydrogen-bond donors (Lipinski definition) is 3. The summed E-state index contributed by atoms with van der Waals surface area (Å²) in [5.74, 6) is 0.790. The Morgan fingerprint density at radius 2 is 1.71 bits per heavy atom. The highest BCUT2D eigenvalue weighted by Gasteiger charge is 2.38. The van der Waals surface area contributed by atoms with Crippen molar-refractivity contribution in [2.75, 3.05) is 37.2 Å². The minimum atomic E-state index is -3.33. The lowest BCUT2D eigenvalue weighted by Gasteiger charge is -2.48. The maximum Gasteiger partial charge on any atom is 0.229 e. The molecule has 0 aromatic heterocycles. The number of piperidine rings is 1. The molecule has 0 bridgehead atoms. The standard InChI is InChI=1S/C23H39N5O2S/c1-3-24-22(25-18-20-12-6-7-13-21(20)27-31(2,29)30)26-19-23(14-8-4-9-15-23)28-16-10-5-11-17-28/h6-7,12-13,27H,3-5,8-11,14-19H2,1-2H3,(H2,24,25,26). The van der Waals surface area contributed by atoms with Crippen LogP contribution in [-0.4, -0.2) is 57.3 Å². The maximum atomic E-state index is 11.7. The highest BCUT2D eigenvalue weighted by atomic mass is 32.2. The molecule has 3 rings (SSSR count). The molecule has 1 aromatic rings. The SMILES string of the molecule is CCNC(=NCc1ccccc1NS(C)(=O)=O)NCC1(N2CCCCC2)CCCCC1. The number of sulfonamides is 1. The number of nitrogens with zero attached hydrogens (tertiary/aromatic N) is 2. The first kappa shape index (κ1) is 23.9. The van der Waals surface area contributed by atoms with Gasteiger partial charge in [-0.2, -0.15) is 0 Å². The number of rotatable bonds is 8. The van der Waals surface area contributed by atoms with E-state index in [9.17, 15) is 8.42 Å². The molecule has 1 saturated heterocycles. The van der Waals surface area contributed by atoms with Gasteiger partial charge in [0.15, 0.2) is 5.96 Å². The topological polar surface area (TPSA) is 85.8 Å². The van der Waals surface area contributed by atoms with E-state index in [1.807, 2.05) is 18.2 Å². The zero-order chi connectivity index (χ0) is 22.2. The van der Waals surface area contributed by atoms with Gasteiger partial charge in [0.25, 0.3) is 0 Å². The van der Waals surface area contributed by atoms with Crippen LogP contribution in [0.3, 0.4) is 0 Å². The lowest BCUT2D eigenvalue weighted by Crippen LogP contribution is -2.59. The molecule has 2 aliphatic rings. The van der Waals surface area contributed by atoms with Crippen LogP contribution < -0.4 is 15.4 Å². The predicted octanol–water partition coefficient (Wildman–Crippen LogP) is 3.30. The second-order valence-electron chi connectivity index (χ2n) is 8.91. The van der Waals surface area contributed by atoms with Gasteiger partial charge in [0.2, 0.25) is 10.0 Å². The van der Waals surface area contributed by atoms with Gasteiger partial charge in [-0.15, -0.1) is 0 Å². The third kappa shape index (κ3) is 7.10. The summed E-state index contributed by atoms with van der Waals surface area (Å²) in [6.45, 7) is 6.58. The minimum absolute atomic E-state index is 0.227. The number of anilines is 1. The fourth-order valence-electron chi connectivity index (χ4n) is 4.89. The van der Waals surface area contributed by atoms with E-state index in [0.717, 1.165) is 24.6 Å². The molecule has 1 saturated carbocycles. The maximum absolute atomic E-state index is 11.7. The molecular weight excluding hydrogens is 410 g/mol. The second kappa shape index (κ2) is 11.2. The molecule has 31 heavy (non-hydrogen) atoms. The Morgan fingerprint density at radius 3 is 2.39 bits per heavy atom. The van der Waals surface area contributed by atoms with Gasteiger partial charge in [0.05, 0.1) is 18.5 Å². The van der Waals surface area contributed by atoms with Crippen molar-refractivity contribution >= 4 is 21.7 Å². The van der Waals surface area contributed by atoms with Gasteiger partial charge in [0, 0.05) is 18.6 Å². The lowest BCUT2D eigenvalue weighted by molar-refractivity contribution is 0.0368. The van der Waals surface area contributed by atoms with Crippen LogP contribution in [0.15, 0.2) is 29.3 Å². The van der Waals surface area contributed by atoms with Crippen molar-refractivity contribution in [2.24, 2.45) is 4.99 Å². The van der Waals surface area contributed by atoms with Gasteiger partial charge in [-0.1, -0.05) is 43.9 Å². The fourth-order valence-corrected chi connectivity index (χ4v) is 5.49. The Labute approximate surface area is 188 Å². The largest absolute Gasteiger partial charge is 0.357 e. The number of likely N-dealkylation sites (tertiary alicyclic amines) is 1. The summed E-state index contributed by atoms with van der Waals surface area (Å²) in [5.41, 5.74) is 1.67. The molecule has 7 nitrogen and oxygen atoms in total. The van der Waals surface area contributed by atoms with Crippen molar-refractivity contribution in [1.29, 1.82) is 0 Å². The minimum Gasteiger partial charge on any atom is -0.357 e. The Bertz CT molecular complexity index is 828. The number of para-hydroxylation sites is 1. The zero-order valence-corrected chi connectivity index (χ0v) is 19.9. The molecular formula is C23H39N5O2S. The Hall–Kier alpha value is -1.80. The first-order valence-corrected chi connectivity index (χ1v) is 13.6. The van der Waals surface area contributed by atoms with Gasteiger partial charge in [0.1, 0.15) is 0 Å². The first-order chi connectivity index (χ1) is 14.9. The van der Waals surface area contributed by atoms with E-state index < -0.39 is 10.0 Å². The quantitative estimate of drug-likeness (QED) is 0.419. The highest BCUT2D eigenvalue weighted by molar-refractivity contribution is 7.92. The van der Waals surface area contributed by atoms with E-state index in [1.54, 1.807) is 6.07 Å². The average Bonchev–Trinajstić information content (AvgIpc) is 2.77. The van der Waals surface area contributed by atoms with Crippen LogP contribution >= 0.6 is 0 Å². The molecule has 0 unspecified atom stereocenters. The summed E-state index contributed by atoms with van der Waals surface area (Å²) >= 11 is 0. The molecule has 0 amide bonds. The summed E-state index contributed by atoms with van der Waals surface area (Å²) in [4.78, 5) is 7.51. The Balaban J connectivity index is 1.71. The molecule has 1 aliphatic carbocycles. The molecule has 0 atom stereocenters. The number of benzene rings is 1. The smallest absolute Gasteiger partial charge is 0.229 e. The van der Waals surface area contributed by atoms with Gasteiger partial charge in [-0.05, 0) is 57.3 Å². The molecule has 3 N–H and O–H groups in total. The summed E-state index contributed by atoms with van der Waals surface area (Å²) in [6, 6.07) is 7.43. The van der Waals surface area contributed by atoms with Crippen molar-refractivity contribution in [3.05, 3.63) is 29.8 Å². The number of hydrogen-bond acceptors (Lipinski definition) is 4. The van der Waals surface area contributed by atoms with E-state index in [2.05, 4.69) is 27.2 Å². The van der Waals surface area contributed by atoms with E-state index in [4.69, 9.17) is 4.99 Å². The van der Waals surface area contributed by atoms with Crippen LogP contribution in [0.5, 0.6) is 0 Å². The predicted molar refractivity (Wildman–Crippen MR) is 129 cm³/mol. The van der Waals surface area contributed by atoms with Crippen LogP contribution in [0.2, 0.25) is 0 Å². The summed E-state index contributed by atoms with van der Waals surface area (Å²) < 4.78 is 26.0. The molecule has 0 spiro atoms. The van der Waals surface area contributed by atoms with Gasteiger partial charge >= 0.3 is 0 Å². The number of nitrogens with one attached hydrogen (secondary N) is 3. The van der Waals surface area contributed by atoms with Crippen LogP contribution in [0.25, 0.3) is 0 Å². The normalized spacial score (nSPS) is 20.3. The van der Waals surface area contributed by atoms with Crippen molar-refractivity contribution < 1.29 is 8.42 Å². The molecule has 174 valence electrons. The number of guanidine groups is 1. The zero-order valence-electron chi connectivity index (χ0n) is 19.1. The van der Waals surface area contributed by atoms with Crippen LogP contribution in [0.4, 0.5) is 5.69 Å². The third-order valence-electron chi connectivity index (χ3n) is 6.46. The van der Waals surface area contributed by atoms with Crippen molar-refractivity contribution in [3.63, 3.8) is 0 Å². The Morgan fingerprint density at radius 1 is 1.03 bits per heavy atom. The van der Waals surface area contributed by atoms with E-state index >= 15 is 0 Å². The molecule has 8 heteroatoms. The molecule has 1 aromatic carbocycles. The molecule has 1 heterocycles. The van der Waals surface area contributed by atoms with Gasteiger partial charge in [-0.25, -0.2) is 13.4 Å². The second-order valence-corrected chi connectivity index (χ2v) is 10.7. The molecule has 1 aliphatic heterocycles. The van der Waals surface area contributed by atoms with Crippen molar-refractivity contribution in [1.82, 2.24) is 15.5 Å². The van der Waals surface area contributed by atoms with E-state index in [-0.39, 0.29) is 5.54 Å². The van der Waals surface area contributed by atoms with Crippen molar-refractivity contribution in [3.8, 4) is 0 Å². The van der Waals surface area contributed by atoms with E-state index in [0.29, 0.717) is 12.2 Å². The van der Waals surface area contributed by atoms with Crippen LogP contribution in [-0.2, 0) is 16.6 Å². The van der Waals surface area contributed by atoms with Crippen LogP contribution in [0, 0.1) is 0 Å². The fraction of sp³-hybridized carbons (Fsp3) is 0.696. The molecule has 0 radical (unpaired) electrons. The number of aliphatic imine (C=N–C) groups is 1. The summed E-state index contributed by atoms with van der Waals surface area (Å²) in [7, 11) is -3.33. The summed E-state index contributed by atoms with van der Waals surface area (Å²) in [5, 5.41) is 6.99. The monoisotopic (exact) mass is 449 g/mol. The first-order valence-electron chi connectivity index (χ1n) is 11.7. The van der Waals surface area contributed by atoms with Crippen molar-refractivity contribution in [2.45, 2.75) is 70.4 Å².